The van der Waals surface area contributed by atoms with E-state index in [0.717, 1.165) is 17.1 Å². The molecule has 0 fully saturated rings. The molecule has 1 heteroatoms. The molecule has 9 aromatic rings. The SMILES string of the molecule is c1ccc(-c2ccc(N(c3ccc4c(c3)C(c3ccccc3)(c3ccccc3)c3cc(-c5ccccc5)ccc3-4)c3ccccc3-c3ccccc3)cc2)cc1. The second-order valence-corrected chi connectivity index (χ2v) is 14.5. The zero-order valence-electron chi connectivity index (χ0n) is 31.0. The molecular formula is C55H39N. The van der Waals surface area contributed by atoms with Gasteiger partial charge < -0.3 is 4.90 Å². The summed E-state index contributed by atoms with van der Waals surface area (Å²) >= 11 is 0. The van der Waals surface area contributed by atoms with Crippen molar-refractivity contribution in [2.75, 3.05) is 4.90 Å². The van der Waals surface area contributed by atoms with Crippen molar-refractivity contribution < 1.29 is 0 Å². The summed E-state index contributed by atoms with van der Waals surface area (Å²) in [5.41, 5.74) is 17.5. The third-order valence-electron chi connectivity index (χ3n) is 11.4. The molecule has 10 rings (SSSR count). The first kappa shape index (κ1) is 33.4. The van der Waals surface area contributed by atoms with Crippen molar-refractivity contribution in [3.63, 3.8) is 0 Å². The smallest absolute Gasteiger partial charge is 0.0714 e. The van der Waals surface area contributed by atoms with Gasteiger partial charge in [-0.2, -0.15) is 0 Å². The van der Waals surface area contributed by atoms with Crippen molar-refractivity contribution in [1.82, 2.24) is 0 Å². The van der Waals surface area contributed by atoms with Crippen LogP contribution in [0.3, 0.4) is 0 Å². The molecule has 1 aliphatic carbocycles. The van der Waals surface area contributed by atoms with Crippen LogP contribution in [0, 0.1) is 0 Å². The van der Waals surface area contributed by atoms with Crippen LogP contribution in [-0.2, 0) is 5.41 Å². The van der Waals surface area contributed by atoms with Crippen LogP contribution in [0.2, 0.25) is 0 Å². The van der Waals surface area contributed by atoms with Gasteiger partial charge in [-0.3, -0.25) is 0 Å². The highest BCUT2D eigenvalue weighted by atomic mass is 15.1. The average molecular weight is 714 g/mol. The first-order valence-electron chi connectivity index (χ1n) is 19.3. The Kier molecular flexibility index (Phi) is 8.46. The van der Waals surface area contributed by atoms with Crippen LogP contribution in [0.15, 0.2) is 237 Å². The van der Waals surface area contributed by atoms with E-state index in [9.17, 15) is 0 Å². The minimum Gasteiger partial charge on any atom is -0.310 e. The third kappa shape index (κ3) is 5.65. The van der Waals surface area contributed by atoms with Crippen LogP contribution in [-0.4, -0.2) is 0 Å². The summed E-state index contributed by atoms with van der Waals surface area (Å²) in [4.78, 5) is 2.44. The Bertz CT molecular complexity index is 2720. The minimum absolute atomic E-state index is 0.560. The van der Waals surface area contributed by atoms with E-state index < -0.39 is 5.41 Å². The number of rotatable bonds is 8. The second-order valence-electron chi connectivity index (χ2n) is 14.5. The molecule has 56 heavy (non-hydrogen) atoms. The molecule has 1 aliphatic rings. The van der Waals surface area contributed by atoms with Crippen LogP contribution in [0.1, 0.15) is 22.3 Å². The molecule has 9 aromatic carbocycles. The highest BCUT2D eigenvalue weighted by molar-refractivity contribution is 5.93. The zero-order valence-corrected chi connectivity index (χ0v) is 31.0. The standard InChI is InChI=1S/C55H39N/c1-6-18-40(19-7-1)42-30-33-47(34-31-42)56(54-29-17-16-28-49(54)43-22-10-3-11-23-43)48-35-37-51-50-36-32-44(41-20-8-2-9-21-41)38-52(50)55(53(51)39-48,45-24-12-4-13-25-45)46-26-14-5-15-27-46/h1-39H. The third-order valence-corrected chi connectivity index (χ3v) is 11.4. The minimum atomic E-state index is -0.560. The van der Waals surface area contributed by atoms with Gasteiger partial charge in [-0.15, -0.1) is 0 Å². The Morgan fingerprint density at radius 1 is 0.268 bits per heavy atom. The molecule has 0 atom stereocenters. The maximum absolute atomic E-state index is 2.46. The fraction of sp³-hybridized carbons (Fsp3) is 0.0182. The maximum Gasteiger partial charge on any atom is 0.0714 e. The molecular weight excluding hydrogens is 675 g/mol. The molecule has 0 saturated heterocycles. The van der Waals surface area contributed by atoms with E-state index in [0.29, 0.717) is 0 Å². The predicted octanol–water partition coefficient (Wildman–Crippen LogP) is 14.5. The van der Waals surface area contributed by atoms with Crippen LogP contribution in [0.5, 0.6) is 0 Å². The fourth-order valence-electron chi connectivity index (χ4n) is 8.82. The van der Waals surface area contributed by atoms with Crippen LogP contribution in [0.25, 0.3) is 44.5 Å². The van der Waals surface area contributed by atoms with Crippen molar-refractivity contribution in [3.05, 3.63) is 259 Å². The summed E-state index contributed by atoms with van der Waals surface area (Å²) in [6.07, 6.45) is 0. The summed E-state index contributed by atoms with van der Waals surface area (Å²) in [5, 5.41) is 0. The monoisotopic (exact) mass is 713 g/mol. The normalized spacial score (nSPS) is 12.4. The predicted molar refractivity (Wildman–Crippen MR) is 235 cm³/mol. The number of anilines is 3. The number of para-hydroxylation sites is 1. The highest BCUT2D eigenvalue weighted by Gasteiger charge is 2.46. The molecule has 264 valence electrons. The molecule has 0 N–H and O–H groups in total. The number of hydrogen-bond donors (Lipinski definition) is 0. The van der Waals surface area contributed by atoms with Crippen molar-refractivity contribution in [1.29, 1.82) is 0 Å². The Morgan fingerprint density at radius 2 is 0.679 bits per heavy atom. The Labute approximate surface area is 329 Å². The summed E-state index contributed by atoms with van der Waals surface area (Å²) in [7, 11) is 0. The number of hydrogen-bond acceptors (Lipinski definition) is 1. The molecule has 0 unspecified atom stereocenters. The van der Waals surface area contributed by atoms with Crippen molar-refractivity contribution in [3.8, 4) is 44.5 Å². The van der Waals surface area contributed by atoms with Gasteiger partial charge >= 0.3 is 0 Å². The molecule has 0 aliphatic heterocycles. The van der Waals surface area contributed by atoms with E-state index in [1.807, 2.05) is 0 Å². The topological polar surface area (TPSA) is 3.24 Å². The highest BCUT2D eigenvalue weighted by Crippen LogP contribution is 2.58. The van der Waals surface area contributed by atoms with Crippen molar-refractivity contribution >= 4 is 17.1 Å². The molecule has 0 radical (unpaired) electrons. The molecule has 0 aromatic heterocycles. The van der Waals surface area contributed by atoms with Gasteiger partial charge in [0.15, 0.2) is 0 Å². The second kappa shape index (κ2) is 14.2. The number of benzene rings is 9. The molecule has 1 nitrogen and oxygen atoms in total. The van der Waals surface area contributed by atoms with Gasteiger partial charge in [-0.25, -0.2) is 0 Å². The van der Waals surface area contributed by atoms with E-state index in [1.54, 1.807) is 0 Å². The van der Waals surface area contributed by atoms with Crippen molar-refractivity contribution in [2.24, 2.45) is 0 Å². The van der Waals surface area contributed by atoms with Gasteiger partial charge in [0.25, 0.3) is 0 Å². The zero-order chi connectivity index (χ0) is 37.3. The Hall–Kier alpha value is -7.22. The first-order chi connectivity index (χ1) is 27.8. The van der Waals surface area contributed by atoms with Gasteiger partial charge in [-0.05, 0) is 97.6 Å². The lowest BCUT2D eigenvalue weighted by molar-refractivity contribution is 0.768. The van der Waals surface area contributed by atoms with E-state index in [1.165, 1.54) is 66.8 Å². The van der Waals surface area contributed by atoms with E-state index in [2.05, 4.69) is 241 Å². The average Bonchev–Trinajstić information content (AvgIpc) is 3.58. The lowest BCUT2D eigenvalue weighted by Gasteiger charge is -2.35. The lowest BCUT2D eigenvalue weighted by atomic mass is 9.67. The maximum atomic E-state index is 2.46. The molecule has 0 amide bonds. The number of fused-ring (bicyclic) bond motifs is 3. The molecule has 0 saturated carbocycles. The van der Waals surface area contributed by atoms with Gasteiger partial charge in [-0.1, -0.05) is 200 Å². The summed E-state index contributed by atoms with van der Waals surface area (Å²) in [6, 6.07) is 86.3. The Morgan fingerprint density at radius 3 is 1.27 bits per heavy atom. The lowest BCUT2D eigenvalue weighted by Crippen LogP contribution is -2.28. The molecule has 0 spiro atoms. The van der Waals surface area contributed by atoms with Crippen LogP contribution < -0.4 is 4.90 Å². The number of nitrogens with zero attached hydrogens (tertiary/aromatic N) is 1. The van der Waals surface area contributed by atoms with E-state index in [-0.39, 0.29) is 0 Å². The van der Waals surface area contributed by atoms with Gasteiger partial charge in [0.05, 0.1) is 11.1 Å². The van der Waals surface area contributed by atoms with Gasteiger partial charge in [0.1, 0.15) is 0 Å². The van der Waals surface area contributed by atoms with Crippen LogP contribution in [0.4, 0.5) is 17.1 Å². The van der Waals surface area contributed by atoms with Gasteiger partial charge in [0, 0.05) is 16.9 Å². The first-order valence-corrected chi connectivity index (χ1v) is 19.3. The van der Waals surface area contributed by atoms with Crippen molar-refractivity contribution in [2.45, 2.75) is 5.41 Å². The largest absolute Gasteiger partial charge is 0.310 e. The van der Waals surface area contributed by atoms with Gasteiger partial charge in [0.2, 0.25) is 0 Å². The summed E-state index contributed by atoms with van der Waals surface area (Å²) < 4.78 is 0. The van der Waals surface area contributed by atoms with E-state index in [4.69, 9.17) is 0 Å². The summed E-state index contributed by atoms with van der Waals surface area (Å²) in [5.74, 6) is 0. The fourth-order valence-corrected chi connectivity index (χ4v) is 8.82. The Balaban J connectivity index is 1.24. The molecule has 0 bridgehead atoms. The van der Waals surface area contributed by atoms with Crippen LogP contribution >= 0.6 is 0 Å². The quantitative estimate of drug-likeness (QED) is 0.152. The summed E-state index contributed by atoms with van der Waals surface area (Å²) in [6.45, 7) is 0. The molecule has 0 heterocycles. The van der Waals surface area contributed by atoms with E-state index >= 15 is 0 Å².